The van der Waals surface area contributed by atoms with Crippen LogP contribution >= 0.6 is 0 Å². The van der Waals surface area contributed by atoms with E-state index in [9.17, 15) is 0 Å². The number of hydrogen-bond donors (Lipinski definition) is 1. The Morgan fingerprint density at radius 3 is 2.57 bits per heavy atom. The van der Waals surface area contributed by atoms with Gasteiger partial charge in [0.15, 0.2) is 0 Å². The van der Waals surface area contributed by atoms with Crippen LogP contribution in [0.5, 0.6) is 0 Å². The SMILES string of the molecule is C/C=C(\N=C(N)CC)c1ccccc1.[HH]. The Labute approximate surface area is 86.7 Å². The minimum Gasteiger partial charge on any atom is -0.387 e. The van der Waals surface area contributed by atoms with Gasteiger partial charge >= 0.3 is 0 Å². The van der Waals surface area contributed by atoms with Gasteiger partial charge in [-0.25, -0.2) is 4.99 Å². The maximum Gasteiger partial charge on any atom is 0.0993 e. The highest BCUT2D eigenvalue weighted by Gasteiger charge is 1.97. The largest absolute Gasteiger partial charge is 0.387 e. The first kappa shape index (κ1) is 10.5. The van der Waals surface area contributed by atoms with E-state index in [1.165, 1.54) is 0 Å². The van der Waals surface area contributed by atoms with E-state index in [2.05, 4.69) is 4.99 Å². The molecule has 0 unspecified atom stereocenters. The van der Waals surface area contributed by atoms with E-state index >= 15 is 0 Å². The van der Waals surface area contributed by atoms with E-state index in [0.29, 0.717) is 5.84 Å². The number of rotatable bonds is 3. The Balaban J connectivity index is 0.00000196. The minimum atomic E-state index is 0. The molecule has 0 saturated carbocycles. The lowest BCUT2D eigenvalue weighted by Gasteiger charge is -2.02. The zero-order valence-corrected chi connectivity index (χ0v) is 8.70. The first-order valence-electron chi connectivity index (χ1n) is 4.82. The first-order valence-corrected chi connectivity index (χ1v) is 4.82. The van der Waals surface area contributed by atoms with Gasteiger partial charge in [-0.1, -0.05) is 43.3 Å². The van der Waals surface area contributed by atoms with Crippen LogP contribution in [-0.2, 0) is 0 Å². The second kappa shape index (κ2) is 5.22. The third kappa shape index (κ3) is 2.73. The van der Waals surface area contributed by atoms with Crippen LogP contribution in [0.1, 0.15) is 27.3 Å². The van der Waals surface area contributed by atoms with Crippen LogP contribution in [0.3, 0.4) is 0 Å². The maximum atomic E-state index is 5.70. The molecule has 0 aliphatic heterocycles. The van der Waals surface area contributed by atoms with Crippen LogP contribution < -0.4 is 5.73 Å². The van der Waals surface area contributed by atoms with Crippen LogP contribution in [0.25, 0.3) is 5.70 Å². The molecule has 14 heavy (non-hydrogen) atoms. The van der Waals surface area contributed by atoms with Crippen LogP contribution in [0, 0.1) is 0 Å². The molecule has 0 amide bonds. The number of amidine groups is 1. The lowest BCUT2D eigenvalue weighted by Crippen LogP contribution is -2.09. The maximum absolute atomic E-state index is 5.70. The van der Waals surface area contributed by atoms with Crippen molar-refractivity contribution in [3.05, 3.63) is 42.0 Å². The highest BCUT2D eigenvalue weighted by atomic mass is 14.9. The van der Waals surface area contributed by atoms with Gasteiger partial charge in [0.2, 0.25) is 0 Å². The molecule has 0 spiro atoms. The second-order valence-corrected chi connectivity index (χ2v) is 3.00. The molecule has 2 N–H and O–H groups in total. The molecule has 0 radical (unpaired) electrons. The Morgan fingerprint density at radius 2 is 2.07 bits per heavy atom. The van der Waals surface area contributed by atoms with Gasteiger partial charge in [0.05, 0.1) is 11.5 Å². The van der Waals surface area contributed by atoms with Crippen molar-refractivity contribution in [1.29, 1.82) is 0 Å². The monoisotopic (exact) mass is 190 g/mol. The van der Waals surface area contributed by atoms with Gasteiger partial charge in [0, 0.05) is 7.85 Å². The highest BCUT2D eigenvalue weighted by Crippen LogP contribution is 2.14. The summed E-state index contributed by atoms with van der Waals surface area (Å²) in [4.78, 5) is 4.34. The molecule has 76 valence electrons. The Bertz CT molecular complexity index is 342. The van der Waals surface area contributed by atoms with Gasteiger partial charge in [-0.2, -0.15) is 0 Å². The zero-order chi connectivity index (χ0) is 10.4. The van der Waals surface area contributed by atoms with Crippen molar-refractivity contribution >= 4 is 11.5 Å². The molecular weight excluding hydrogens is 172 g/mol. The fraction of sp³-hybridized carbons (Fsp3) is 0.250. The molecule has 0 fully saturated rings. The van der Waals surface area contributed by atoms with E-state index in [1.54, 1.807) is 0 Å². The molecule has 1 rings (SSSR count). The summed E-state index contributed by atoms with van der Waals surface area (Å²) in [7, 11) is 0. The summed E-state index contributed by atoms with van der Waals surface area (Å²) in [6, 6.07) is 10.0. The van der Waals surface area contributed by atoms with Gasteiger partial charge in [-0.3, -0.25) is 0 Å². The first-order chi connectivity index (χ1) is 6.77. The van der Waals surface area contributed by atoms with E-state index in [-0.39, 0.29) is 1.43 Å². The van der Waals surface area contributed by atoms with Crippen LogP contribution in [-0.4, -0.2) is 5.84 Å². The number of nitrogens with two attached hydrogens (primary N) is 1. The van der Waals surface area contributed by atoms with Crippen LogP contribution in [0.4, 0.5) is 0 Å². The second-order valence-electron chi connectivity index (χ2n) is 3.00. The van der Waals surface area contributed by atoms with Crippen molar-refractivity contribution in [2.45, 2.75) is 20.3 Å². The van der Waals surface area contributed by atoms with E-state index in [0.717, 1.165) is 17.7 Å². The zero-order valence-electron chi connectivity index (χ0n) is 8.70. The number of aliphatic imine (C=N–C) groups is 1. The lowest BCUT2D eigenvalue weighted by molar-refractivity contribution is 1.24. The van der Waals surface area contributed by atoms with E-state index in [1.807, 2.05) is 50.3 Å². The molecule has 0 heterocycles. The van der Waals surface area contributed by atoms with Crippen molar-refractivity contribution in [2.24, 2.45) is 10.7 Å². The molecule has 0 aliphatic carbocycles. The fourth-order valence-electron chi connectivity index (χ4n) is 1.14. The fourth-order valence-corrected chi connectivity index (χ4v) is 1.14. The highest BCUT2D eigenvalue weighted by molar-refractivity contribution is 5.86. The average Bonchev–Trinajstić information content (AvgIpc) is 2.26. The summed E-state index contributed by atoms with van der Waals surface area (Å²) < 4.78 is 0. The molecule has 0 aromatic heterocycles. The molecule has 0 aliphatic rings. The number of allylic oxidation sites excluding steroid dienone is 1. The van der Waals surface area contributed by atoms with Gasteiger partial charge in [-0.15, -0.1) is 0 Å². The summed E-state index contributed by atoms with van der Waals surface area (Å²) in [6.07, 6.45) is 2.75. The van der Waals surface area contributed by atoms with Gasteiger partial charge in [0.25, 0.3) is 0 Å². The molecule has 0 bridgehead atoms. The Hall–Kier alpha value is -1.57. The summed E-state index contributed by atoms with van der Waals surface area (Å²) in [5, 5.41) is 0. The standard InChI is InChI=1S/C12H16N2.H2/c1-3-11(14-12(13)4-2)10-8-6-5-7-9-10;/h3,5-9H,4H2,1-2H3,(H2,13,14);1H/b11-3-;. The number of benzene rings is 1. The molecular formula is C12H18N2. The number of hydrogen-bond acceptors (Lipinski definition) is 1. The van der Waals surface area contributed by atoms with Crippen LogP contribution in [0.15, 0.2) is 41.4 Å². The quantitative estimate of drug-likeness (QED) is 0.577. The van der Waals surface area contributed by atoms with Crippen LogP contribution in [0.2, 0.25) is 0 Å². The molecule has 1 aromatic carbocycles. The predicted octanol–water partition coefficient (Wildman–Crippen LogP) is 3.06. The van der Waals surface area contributed by atoms with Crippen molar-refractivity contribution in [3.8, 4) is 0 Å². The third-order valence-corrected chi connectivity index (χ3v) is 1.97. The molecule has 1 aromatic rings. The summed E-state index contributed by atoms with van der Waals surface area (Å²) in [5.41, 5.74) is 7.73. The third-order valence-electron chi connectivity index (χ3n) is 1.97. The topological polar surface area (TPSA) is 38.4 Å². The normalized spacial score (nSPS) is 13.0. The molecule has 2 nitrogen and oxygen atoms in total. The van der Waals surface area contributed by atoms with E-state index in [4.69, 9.17) is 5.73 Å². The van der Waals surface area contributed by atoms with Crippen molar-refractivity contribution in [1.82, 2.24) is 0 Å². The predicted molar refractivity (Wildman–Crippen MR) is 64.1 cm³/mol. The van der Waals surface area contributed by atoms with Gasteiger partial charge < -0.3 is 5.73 Å². The smallest absolute Gasteiger partial charge is 0.0993 e. The van der Waals surface area contributed by atoms with Gasteiger partial charge in [0.1, 0.15) is 0 Å². The molecule has 0 saturated heterocycles. The molecule has 2 heteroatoms. The summed E-state index contributed by atoms with van der Waals surface area (Å²) >= 11 is 0. The lowest BCUT2D eigenvalue weighted by atomic mass is 10.1. The average molecular weight is 190 g/mol. The van der Waals surface area contributed by atoms with Crippen molar-refractivity contribution < 1.29 is 1.43 Å². The van der Waals surface area contributed by atoms with Crippen molar-refractivity contribution in [3.63, 3.8) is 0 Å². The number of nitrogens with zero attached hydrogens (tertiary/aromatic N) is 1. The van der Waals surface area contributed by atoms with E-state index < -0.39 is 0 Å². The Morgan fingerprint density at radius 1 is 1.43 bits per heavy atom. The van der Waals surface area contributed by atoms with Crippen molar-refractivity contribution in [2.75, 3.05) is 0 Å². The summed E-state index contributed by atoms with van der Waals surface area (Å²) in [6.45, 7) is 3.96. The minimum absolute atomic E-state index is 0. The molecule has 0 atom stereocenters. The Kier molecular flexibility index (Phi) is 3.92. The van der Waals surface area contributed by atoms with Gasteiger partial charge in [-0.05, 0) is 12.5 Å². The summed E-state index contributed by atoms with van der Waals surface area (Å²) in [5.74, 6) is 0.668.